The van der Waals surface area contributed by atoms with Crippen LogP contribution in [0.4, 0.5) is 13.2 Å². The SMILES string of the molecule is O=C(O)c1ccc(-c2csc(C(F)F)c2)c(F)c1. The van der Waals surface area contributed by atoms with Crippen molar-refractivity contribution in [3.05, 3.63) is 45.9 Å². The average molecular weight is 272 g/mol. The average Bonchev–Trinajstić information content (AvgIpc) is 2.78. The summed E-state index contributed by atoms with van der Waals surface area (Å²) >= 11 is 0.839. The van der Waals surface area contributed by atoms with Gasteiger partial charge in [0.25, 0.3) is 6.43 Å². The van der Waals surface area contributed by atoms with Gasteiger partial charge in [-0.05, 0) is 29.1 Å². The van der Waals surface area contributed by atoms with Gasteiger partial charge in [0.15, 0.2) is 0 Å². The third-order valence-corrected chi connectivity index (χ3v) is 3.30. The first-order valence-electron chi connectivity index (χ1n) is 4.89. The maximum Gasteiger partial charge on any atom is 0.335 e. The molecule has 0 aliphatic heterocycles. The number of carboxylic acid groups (broad SMARTS) is 1. The Morgan fingerprint density at radius 3 is 2.50 bits per heavy atom. The molecule has 2 rings (SSSR count). The Balaban J connectivity index is 2.41. The summed E-state index contributed by atoms with van der Waals surface area (Å²) in [6.45, 7) is 0. The van der Waals surface area contributed by atoms with Crippen LogP contribution in [0.2, 0.25) is 0 Å². The van der Waals surface area contributed by atoms with Crippen molar-refractivity contribution in [3.8, 4) is 11.1 Å². The minimum absolute atomic E-state index is 0.114. The molecule has 18 heavy (non-hydrogen) atoms. The Labute approximate surface area is 104 Å². The summed E-state index contributed by atoms with van der Waals surface area (Å²) in [5, 5.41) is 10.1. The fourth-order valence-electron chi connectivity index (χ4n) is 1.49. The highest BCUT2D eigenvalue weighted by atomic mass is 32.1. The lowest BCUT2D eigenvalue weighted by Gasteiger charge is -2.01. The number of aromatic carboxylic acids is 1. The highest BCUT2D eigenvalue weighted by Crippen LogP contribution is 2.33. The van der Waals surface area contributed by atoms with E-state index < -0.39 is 18.2 Å². The van der Waals surface area contributed by atoms with Crippen LogP contribution < -0.4 is 0 Å². The second kappa shape index (κ2) is 4.81. The van der Waals surface area contributed by atoms with Crippen molar-refractivity contribution in [1.82, 2.24) is 0 Å². The molecule has 0 saturated heterocycles. The first-order chi connectivity index (χ1) is 8.49. The number of hydrogen-bond donors (Lipinski definition) is 1. The Morgan fingerprint density at radius 1 is 1.28 bits per heavy atom. The van der Waals surface area contributed by atoms with Crippen LogP contribution in [0.15, 0.2) is 29.6 Å². The van der Waals surface area contributed by atoms with E-state index in [4.69, 9.17) is 5.11 Å². The quantitative estimate of drug-likeness (QED) is 0.909. The van der Waals surface area contributed by atoms with E-state index in [0.717, 1.165) is 17.4 Å². The van der Waals surface area contributed by atoms with Crippen LogP contribution in [-0.4, -0.2) is 11.1 Å². The second-order valence-electron chi connectivity index (χ2n) is 3.54. The molecule has 2 aromatic rings. The van der Waals surface area contributed by atoms with Gasteiger partial charge in [0.1, 0.15) is 5.82 Å². The van der Waals surface area contributed by atoms with Gasteiger partial charge in [0.2, 0.25) is 0 Å². The molecule has 2 nitrogen and oxygen atoms in total. The molecule has 6 heteroatoms. The summed E-state index contributed by atoms with van der Waals surface area (Å²) in [5.74, 6) is -1.98. The Hall–Kier alpha value is -1.82. The molecule has 0 bridgehead atoms. The first kappa shape index (κ1) is 12.6. The molecule has 0 aliphatic rings. The zero-order chi connectivity index (χ0) is 13.3. The molecular weight excluding hydrogens is 265 g/mol. The maximum absolute atomic E-state index is 13.7. The molecular formula is C12H7F3O2S. The zero-order valence-corrected chi connectivity index (χ0v) is 9.68. The van der Waals surface area contributed by atoms with Crippen LogP contribution in [0.25, 0.3) is 11.1 Å². The molecule has 1 heterocycles. The number of carboxylic acids is 1. The van der Waals surface area contributed by atoms with Crippen LogP contribution in [0, 0.1) is 5.82 Å². The summed E-state index contributed by atoms with van der Waals surface area (Å²) in [7, 11) is 0. The third-order valence-electron chi connectivity index (χ3n) is 2.36. The van der Waals surface area contributed by atoms with E-state index in [2.05, 4.69) is 0 Å². The lowest BCUT2D eigenvalue weighted by Crippen LogP contribution is -1.97. The molecule has 0 atom stereocenters. The number of carbonyl (C=O) groups is 1. The summed E-state index contributed by atoms with van der Waals surface area (Å²) in [6.07, 6.45) is -2.59. The van der Waals surface area contributed by atoms with Crippen molar-refractivity contribution >= 4 is 17.3 Å². The molecule has 1 aromatic carbocycles. The standard InChI is InChI=1S/C12H7F3O2S/c13-9-3-6(12(16)17)1-2-8(9)7-4-10(11(14)15)18-5-7/h1-5,11H,(H,16,17). The molecule has 0 saturated carbocycles. The number of halogens is 3. The lowest BCUT2D eigenvalue weighted by atomic mass is 10.1. The predicted octanol–water partition coefficient (Wildman–Crippen LogP) is 4.19. The fraction of sp³-hybridized carbons (Fsp3) is 0.0833. The minimum atomic E-state index is -2.59. The third kappa shape index (κ3) is 2.38. The smallest absolute Gasteiger partial charge is 0.335 e. The largest absolute Gasteiger partial charge is 0.478 e. The summed E-state index contributed by atoms with van der Waals surface area (Å²) in [5.41, 5.74) is 0.258. The highest BCUT2D eigenvalue weighted by Gasteiger charge is 2.14. The van der Waals surface area contributed by atoms with E-state index in [1.165, 1.54) is 23.6 Å². The second-order valence-corrected chi connectivity index (χ2v) is 4.48. The van der Waals surface area contributed by atoms with E-state index in [1.54, 1.807) is 0 Å². The van der Waals surface area contributed by atoms with Crippen molar-refractivity contribution in [2.24, 2.45) is 0 Å². The summed E-state index contributed by atoms with van der Waals surface area (Å²) in [4.78, 5) is 10.5. The molecule has 1 N–H and O–H groups in total. The van der Waals surface area contributed by atoms with Gasteiger partial charge in [-0.15, -0.1) is 11.3 Å². The van der Waals surface area contributed by atoms with E-state index in [0.29, 0.717) is 5.56 Å². The van der Waals surface area contributed by atoms with Crippen LogP contribution in [0.1, 0.15) is 21.7 Å². The number of alkyl halides is 2. The van der Waals surface area contributed by atoms with Gasteiger partial charge in [-0.3, -0.25) is 0 Å². The van der Waals surface area contributed by atoms with Crippen molar-refractivity contribution in [2.45, 2.75) is 6.43 Å². The van der Waals surface area contributed by atoms with Crippen LogP contribution in [-0.2, 0) is 0 Å². The zero-order valence-electron chi connectivity index (χ0n) is 8.86. The van der Waals surface area contributed by atoms with Crippen molar-refractivity contribution in [2.75, 3.05) is 0 Å². The van der Waals surface area contributed by atoms with E-state index in [9.17, 15) is 18.0 Å². The Kier molecular flexibility index (Phi) is 3.38. The Bertz CT molecular complexity index is 593. The maximum atomic E-state index is 13.7. The van der Waals surface area contributed by atoms with E-state index >= 15 is 0 Å². The van der Waals surface area contributed by atoms with Crippen molar-refractivity contribution in [1.29, 1.82) is 0 Å². The molecule has 0 radical (unpaired) electrons. The van der Waals surface area contributed by atoms with Crippen molar-refractivity contribution in [3.63, 3.8) is 0 Å². The molecule has 1 aromatic heterocycles. The van der Waals surface area contributed by atoms with Crippen LogP contribution in [0.5, 0.6) is 0 Å². The van der Waals surface area contributed by atoms with Gasteiger partial charge >= 0.3 is 5.97 Å². The normalized spacial score (nSPS) is 10.9. The highest BCUT2D eigenvalue weighted by molar-refractivity contribution is 7.10. The Morgan fingerprint density at radius 2 is 2.00 bits per heavy atom. The van der Waals surface area contributed by atoms with Crippen LogP contribution in [0.3, 0.4) is 0 Å². The first-order valence-corrected chi connectivity index (χ1v) is 5.77. The number of benzene rings is 1. The van der Waals surface area contributed by atoms with Gasteiger partial charge in [0.05, 0.1) is 10.4 Å². The molecule has 0 spiro atoms. The van der Waals surface area contributed by atoms with Gasteiger partial charge in [-0.25, -0.2) is 18.0 Å². The predicted molar refractivity (Wildman–Crippen MR) is 61.6 cm³/mol. The van der Waals surface area contributed by atoms with Gasteiger partial charge in [-0.2, -0.15) is 0 Å². The molecule has 94 valence electrons. The molecule has 0 fully saturated rings. The minimum Gasteiger partial charge on any atom is -0.478 e. The summed E-state index contributed by atoms with van der Waals surface area (Å²) in [6, 6.07) is 4.59. The van der Waals surface area contributed by atoms with E-state index in [-0.39, 0.29) is 16.0 Å². The van der Waals surface area contributed by atoms with Gasteiger partial charge in [0, 0.05) is 5.56 Å². The van der Waals surface area contributed by atoms with Crippen molar-refractivity contribution < 1.29 is 23.1 Å². The number of hydrogen-bond acceptors (Lipinski definition) is 2. The lowest BCUT2D eigenvalue weighted by molar-refractivity contribution is 0.0696. The van der Waals surface area contributed by atoms with Gasteiger partial charge < -0.3 is 5.11 Å². The van der Waals surface area contributed by atoms with Crippen LogP contribution >= 0.6 is 11.3 Å². The van der Waals surface area contributed by atoms with Gasteiger partial charge in [-0.1, -0.05) is 6.07 Å². The topological polar surface area (TPSA) is 37.3 Å². The monoisotopic (exact) mass is 272 g/mol. The molecule has 0 aliphatic carbocycles. The number of thiophene rings is 1. The summed E-state index contributed by atoms with van der Waals surface area (Å²) < 4.78 is 38.5. The van der Waals surface area contributed by atoms with E-state index in [1.807, 2.05) is 0 Å². The molecule has 0 amide bonds. The molecule has 0 unspecified atom stereocenters. The fourth-order valence-corrected chi connectivity index (χ4v) is 2.25. The number of rotatable bonds is 3.